The second-order valence-electron chi connectivity index (χ2n) is 5.68. The normalized spacial score (nSPS) is 15.7. The minimum Gasteiger partial charge on any atom is -0.357 e. The Morgan fingerprint density at radius 3 is 2.82 bits per heavy atom. The Morgan fingerprint density at radius 2 is 2.14 bits per heavy atom. The molecule has 0 spiro atoms. The first kappa shape index (κ1) is 15.0. The third kappa shape index (κ3) is 4.07. The van der Waals surface area contributed by atoms with E-state index in [4.69, 9.17) is 0 Å². The number of nitrogens with one attached hydrogen (secondary N) is 1. The summed E-state index contributed by atoms with van der Waals surface area (Å²) in [7, 11) is 0. The number of thiophene rings is 1. The molecular weight excluding hydrogens is 294 g/mol. The topological polar surface area (TPSA) is 45.2 Å². The van der Waals surface area contributed by atoms with Gasteiger partial charge in [-0.1, -0.05) is 12.1 Å². The van der Waals surface area contributed by atoms with Crippen LogP contribution in [0.5, 0.6) is 0 Å². The molecule has 1 amide bonds. The number of carbonyl (C=O) groups excluding carboxylic acids is 1. The molecule has 22 heavy (non-hydrogen) atoms. The number of anilines is 1. The van der Waals surface area contributed by atoms with E-state index in [1.165, 1.54) is 0 Å². The van der Waals surface area contributed by atoms with E-state index in [9.17, 15) is 4.79 Å². The van der Waals surface area contributed by atoms with Crippen molar-refractivity contribution in [2.45, 2.75) is 19.3 Å². The summed E-state index contributed by atoms with van der Waals surface area (Å²) >= 11 is 1.64. The molecule has 0 radical (unpaired) electrons. The van der Waals surface area contributed by atoms with E-state index < -0.39 is 0 Å². The van der Waals surface area contributed by atoms with Gasteiger partial charge in [-0.25, -0.2) is 4.98 Å². The maximum absolute atomic E-state index is 11.9. The van der Waals surface area contributed by atoms with Gasteiger partial charge in [0.25, 0.3) is 0 Å². The molecule has 5 heteroatoms. The lowest BCUT2D eigenvalue weighted by Gasteiger charge is -2.32. The van der Waals surface area contributed by atoms with Crippen LogP contribution < -0.4 is 10.2 Å². The summed E-state index contributed by atoms with van der Waals surface area (Å²) in [6.07, 6.45) is 4.56. The molecule has 3 rings (SSSR count). The average molecular weight is 315 g/mol. The molecule has 1 saturated heterocycles. The van der Waals surface area contributed by atoms with Crippen molar-refractivity contribution in [3.63, 3.8) is 0 Å². The SMILES string of the molecule is O=C(Cc1cccs1)NCC1CCN(c2ccccn2)CC1. The van der Waals surface area contributed by atoms with Gasteiger partial charge in [0, 0.05) is 30.7 Å². The Morgan fingerprint density at radius 1 is 1.27 bits per heavy atom. The van der Waals surface area contributed by atoms with Crippen molar-refractivity contribution >= 4 is 23.1 Å². The van der Waals surface area contributed by atoms with E-state index in [0.29, 0.717) is 12.3 Å². The number of nitrogens with zero attached hydrogens (tertiary/aromatic N) is 2. The lowest BCUT2D eigenvalue weighted by molar-refractivity contribution is -0.120. The highest BCUT2D eigenvalue weighted by atomic mass is 32.1. The summed E-state index contributed by atoms with van der Waals surface area (Å²) in [5, 5.41) is 5.09. The maximum atomic E-state index is 11.9. The highest BCUT2D eigenvalue weighted by molar-refractivity contribution is 7.10. The lowest BCUT2D eigenvalue weighted by atomic mass is 9.96. The number of hydrogen-bond acceptors (Lipinski definition) is 4. The van der Waals surface area contributed by atoms with Crippen molar-refractivity contribution in [1.29, 1.82) is 0 Å². The Balaban J connectivity index is 1.40. The first-order chi connectivity index (χ1) is 10.8. The van der Waals surface area contributed by atoms with Crippen LogP contribution in [0.1, 0.15) is 17.7 Å². The zero-order chi connectivity index (χ0) is 15.2. The Hall–Kier alpha value is -1.88. The molecule has 0 bridgehead atoms. The molecule has 2 aromatic heterocycles. The van der Waals surface area contributed by atoms with Crippen molar-refractivity contribution in [1.82, 2.24) is 10.3 Å². The molecule has 116 valence electrons. The first-order valence-corrected chi connectivity index (χ1v) is 8.64. The summed E-state index contributed by atoms with van der Waals surface area (Å²) in [4.78, 5) is 19.8. The molecule has 0 aromatic carbocycles. The van der Waals surface area contributed by atoms with Gasteiger partial charge in [-0.2, -0.15) is 0 Å². The monoisotopic (exact) mass is 315 g/mol. The lowest BCUT2D eigenvalue weighted by Crippen LogP contribution is -2.39. The van der Waals surface area contributed by atoms with E-state index in [1.807, 2.05) is 35.8 Å². The van der Waals surface area contributed by atoms with Gasteiger partial charge in [0.1, 0.15) is 5.82 Å². The van der Waals surface area contributed by atoms with Gasteiger partial charge >= 0.3 is 0 Å². The second-order valence-corrected chi connectivity index (χ2v) is 6.71. The average Bonchev–Trinajstić information content (AvgIpc) is 3.07. The smallest absolute Gasteiger partial charge is 0.225 e. The molecule has 1 N–H and O–H groups in total. The second kappa shape index (κ2) is 7.40. The molecule has 0 saturated carbocycles. The molecule has 0 unspecified atom stereocenters. The highest BCUT2D eigenvalue weighted by Crippen LogP contribution is 2.21. The third-order valence-corrected chi connectivity index (χ3v) is 4.97. The fourth-order valence-corrected chi connectivity index (χ4v) is 3.50. The molecule has 1 aliphatic rings. The summed E-state index contributed by atoms with van der Waals surface area (Å²) < 4.78 is 0. The van der Waals surface area contributed by atoms with Crippen LogP contribution in [0.25, 0.3) is 0 Å². The van der Waals surface area contributed by atoms with E-state index in [0.717, 1.165) is 43.2 Å². The Labute approximate surface area is 135 Å². The van der Waals surface area contributed by atoms with Gasteiger partial charge in [-0.3, -0.25) is 4.79 Å². The van der Waals surface area contributed by atoms with Crippen molar-refractivity contribution in [3.05, 3.63) is 46.8 Å². The van der Waals surface area contributed by atoms with Gasteiger partial charge < -0.3 is 10.2 Å². The predicted molar refractivity (Wildman–Crippen MR) is 90.2 cm³/mol. The number of piperidine rings is 1. The van der Waals surface area contributed by atoms with E-state index >= 15 is 0 Å². The van der Waals surface area contributed by atoms with Crippen molar-refractivity contribution in [2.75, 3.05) is 24.5 Å². The predicted octanol–water partition coefficient (Wildman–Crippen LogP) is 2.72. The number of amides is 1. The van der Waals surface area contributed by atoms with Gasteiger partial charge in [-0.15, -0.1) is 11.3 Å². The summed E-state index contributed by atoms with van der Waals surface area (Å²) in [5.74, 6) is 1.77. The van der Waals surface area contributed by atoms with Gasteiger partial charge in [-0.05, 0) is 42.3 Å². The fraction of sp³-hybridized carbons (Fsp3) is 0.412. The molecule has 0 aliphatic carbocycles. The van der Waals surface area contributed by atoms with Crippen LogP contribution in [-0.4, -0.2) is 30.5 Å². The maximum Gasteiger partial charge on any atom is 0.225 e. The van der Waals surface area contributed by atoms with Crippen LogP contribution in [0.15, 0.2) is 41.9 Å². The number of aromatic nitrogens is 1. The van der Waals surface area contributed by atoms with Crippen LogP contribution in [0, 0.1) is 5.92 Å². The van der Waals surface area contributed by atoms with E-state index in [2.05, 4.69) is 21.3 Å². The van der Waals surface area contributed by atoms with Crippen molar-refractivity contribution in [2.24, 2.45) is 5.92 Å². The fourth-order valence-electron chi connectivity index (χ4n) is 2.80. The van der Waals surface area contributed by atoms with Gasteiger partial charge in [0.15, 0.2) is 0 Å². The van der Waals surface area contributed by atoms with E-state index in [1.54, 1.807) is 11.3 Å². The zero-order valence-corrected chi connectivity index (χ0v) is 13.4. The van der Waals surface area contributed by atoms with Crippen LogP contribution in [0.2, 0.25) is 0 Å². The highest BCUT2D eigenvalue weighted by Gasteiger charge is 2.20. The summed E-state index contributed by atoms with van der Waals surface area (Å²) in [6, 6.07) is 10.0. The van der Waals surface area contributed by atoms with Crippen LogP contribution >= 0.6 is 11.3 Å². The minimum absolute atomic E-state index is 0.134. The van der Waals surface area contributed by atoms with Crippen LogP contribution in [-0.2, 0) is 11.2 Å². The first-order valence-electron chi connectivity index (χ1n) is 7.76. The summed E-state index contributed by atoms with van der Waals surface area (Å²) in [5.41, 5.74) is 0. The third-order valence-electron chi connectivity index (χ3n) is 4.09. The molecule has 1 aliphatic heterocycles. The van der Waals surface area contributed by atoms with Crippen molar-refractivity contribution < 1.29 is 4.79 Å². The Kier molecular flexibility index (Phi) is 5.06. The number of hydrogen-bond donors (Lipinski definition) is 1. The van der Waals surface area contributed by atoms with Gasteiger partial charge in [0.05, 0.1) is 6.42 Å². The van der Waals surface area contributed by atoms with Crippen LogP contribution in [0.4, 0.5) is 5.82 Å². The standard InChI is InChI=1S/C17H21N3OS/c21-17(12-15-4-3-11-22-15)19-13-14-6-9-20(10-7-14)16-5-1-2-8-18-16/h1-5,8,11,14H,6-7,9-10,12-13H2,(H,19,21). The van der Waals surface area contributed by atoms with Crippen molar-refractivity contribution in [3.8, 4) is 0 Å². The van der Waals surface area contributed by atoms with Gasteiger partial charge in [0.2, 0.25) is 5.91 Å². The molecule has 2 aromatic rings. The van der Waals surface area contributed by atoms with Crippen LogP contribution in [0.3, 0.4) is 0 Å². The molecule has 1 fully saturated rings. The number of pyridine rings is 1. The molecular formula is C17H21N3OS. The molecule has 0 atom stereocenters. The van der Waals surface area contributed by atoms with E-state index in [-0.39, 0.29) is 5.91 Å². The number of rotatable bonds is 5. The molecule has 4 nitrogen and oxygen atoms in total. The zero-order valence-electron chi connectivity index (χ0n) is 12.6. The largest absolute Gasteiger partial charge is 0.357 e. The Bertz CT molecular complexity index is 577. The summed E-state index contributed by atoms with van der Waals surface area (Å²) in [6.45, 7) is 2.82. The number of carbonyl (C=O) groups is 1. The molecule has 3 heterocycles. The minimum atomic E-state index is 0.134. The quantitative estimate of drug-likeness (QED) is 0.923.